The second-order valence-electron chi connectivity index (χ2n) is 3.57. The Morgan fingerprint density at radius 2 is 1.78 bits per heavy atom. The van der Waals surface area contributed by atoms with Gasteiger partial charge < -0.3 is 20.5 Å². The summed E-state index contributed by atoms with van der Waals surface area (Å²) in [6.45, 7) is 0.891. The molecular weight excluding hydrogens is 236 g/mol. The third kappa shape index (κ3) is 6.37. The molecule has 0 aliphatic rings. The normalized spacial score (nSPS) is 9.56. The van der Waals surface area contributed by atoms with E-state index in [4.69, 9.17) is 9.84 Å². The summed E-state index contributed by atoms with van der Waals surface area (Å²) in [7, 11) is 0. The number of nitrogens with one attached hydrogen (secondary N) is 2. The van der Waals surface area contributed by atoms with Crippen molar-refractivity contribution in [3.05, 3.63) is 35.9 Å². The van der Waals surface area contributed by atoms with E-state index in [0.717, 1.165) is 5.56 Å². The van der Waals surface area contributed by atoms with Gasteiger partial charge in [-0.1, -0.05) is 30.3 Å². The van der Waals surface area contributed by atoms with Gasteiger partial charge in [-0.15, -0.1) is 0 Å². The highest BCUT2D eigenvalue weighted by molar-refractivity contribution is 5.67. The summed E-state index contributed by atoms with van der Waals surface area (Å²) >= 11 is 0. The topological polar surface area (TPSA) is 87.7 Å². The second-order valence-corrected chi connectivity index (χ2v) is 3.57. The molecule has 0 unspecified atom stereocenters. The van der Waals surface area contributed by atoms with Gasteiger partial charge >= 0.3 is 12.2 Å². The van der Waals surface area contributed by atoms with Crippen LogP contribution < -0.4 is 10.6 Å². The van der Waals surface area contributed by atoms with Crippen molar-refractivity contribution >= 4 is 12.2 Å². The molecule has 2 amide bonds. The summed E-state index contributed by atoms with van der Waals surface area (Å²) in [5, 5.41) is 13.0. The molecule has 0 atom stereocenters. The smallest absolute Gasteiger partial charge is 0.407 e. The molecule has 6 nitrogen and oxygen atoms in total. The van der Waals surface area contributed by atoms with Crippen LogP contribution in [0.25, 0.3) is 0 Å². The van der Waals surface area contributed by atoms with E-state index in [1.54, 1.807) is 0 Å². The molecule has 3 N–H and O–H groups in total. The third-order valence-corrected chi connectivity index (χ3v) is 2.11. The zero-order chi connectivity index (χ0) is 13.2. The molecule has 1 aromatic rings. The maximum atomic E-state index is 11.2. The summed E-state index contributed by atoms with van der Waals surface area (Å²) in [4.78, 5) is 21.4. The summed E-state index contributed by atoms with van der Waals surface area (Å²) < 4.78 is 4.97. The fraction of sp³-hybridized carbons (Fsp3) is 0.333. The van der Waals surface area contributed by atoms with Crippen molar-refractivity contribution in [1.82, 2.24) is 10.6 Å². The van der Waals surface area contributed by atoms with Crippen molar-refractivity contribution in [2.75, 3.05) is 13.1 Å². The highest BCUT2D eigenvalue weighted by atomic mass is 16.5. The molecule has 1 rings (SSSR count). The Balaban J connectivity index is 2.06. The van der Waals surface area contributed by atoms with Crippen LogP contribution in [0.2, 0.25) is 0 Å². The van der Waals surface area contributed by atoms with E-state index in [0.29, 0.717) is 19.5 Å². The van der Waals surface area contributed by atoms with Crippen LogP contribution in [0.3, 0.4) is 0 Å². The van der Waals surface area contributed by atoms with Gasteiger partial charge in [0.25, 0.3) is 0 Å². The van der Waals surface area contributed by atoms with E-state index >= 15 is 0 Å². The molecule has 0 fully saturated rings. The Kier molecular flexibility index (Phi) is 6.10. The average Bonchev–Trinajstić information content (AvgIpc) is 2.37. The monoisotopic (exact) mass is 252 g/mol. The van der Waals surface area contributed by atoms with Crippen LogP contribution >= 0.6 is 0 Å². The SMILES string of the molecule is O=C(O)NCCCNC(=O)OCc1ccccc1. The molecule has 18 heavy (non-hydrogen) atoms. The van der Waals surface area contributed by atoms with E-state index in [-0.39, 0.29) is 6.61 Å². The maximum Gasteiger partial charge on any atom is 0.407 e. The zero-order valence-electron chi connectivity index (χ0n) is 9.89. The van der Waals surface area contributed by atoms with Crippen LogP contribution in [0.4, 0.5) is 9.59 Å². The van der Waals surface area contributed by atoms with Crippen molar-refractivity contribution in [2.24, 2.45) is 0 Å². The number of hydrogen-bond donors (Lipinski definition) is 3. The van der Waals surface area contributed by atoms with Gasteiger partial charge in [-0.05, 0) is 12.0 Å². The quantitative estimate of drug-likeness (QED) is 0.670. The second kappa shape index (κ2) is 7.94. The van der Waals surface area contributed by atoms with Crippen molar-refractivity contribution in [2.45, 2.75) is 13.0 Å². The molecule has 0 aromatic heterocycles. The molecule has 6 heteroatoms. The Labute approximate surface area is 105 Å². The van der Waals surface area contributed by atoms with E-state index in [1.807, 2.05) is 30.3 Å². The minimum atomic E-state index is -1.07. The van der Waals surface area contributed by atoms with Crippen LogP contribution in [0.5, 0.6) is 0 Å². The van der Waals surface area contributed by atoms with Crippen molar-refractivity contribution < 1.29 is 19.4 Å². The molecule has 0 saturated carbocycles. The summed E-state index contributed by atoms with van der Waals surface area (Å²) in [5.74, 6) is 0. The van der Waals surface area contributed by atoms with Gasteiger partial charge in [-0.3, -0.25) is 0 Å². The molecule has 98 valence electrons. The molecular formula is C12H16N2O4. The van der Waals surface area contributed by atoms with Crippen LogP contribution in [0.15, 0.2) is 30.3 Å². The first-order valence-electron chi connectivity index (χ1n) is 5.60. The first kappa shape index (κ1) is 13.8. The summed E-state index contributed by atoms with van der Waals surface area (Å²) in [6, 6.07) is 9.36. The first-order chi connectivity index (χ1) is 8.68. The summed E-state index contributed by atoms with van der Waals surface area (Å²) in [5.41, 5.74) is 0.917. The lowest BCUT2D eigenvalue weighted by atomic mass is 10.2. The molecule has 0 spiro atoms. The number of amides is 2. The van der Waals surface area contributed by atoms with Crippen molar-refractivity contribution in [1.29, 1.82) is 0 Å². The maximum absolute atomic E-state index is 11.2. The molecule has 0 bridgehead atoms. The van der Waals surface area contributed by atoms with Gasteiger partial charge in [-0.25, -0.2) is 9.59 Å². The lowest BCUT2D eigenvalue weighted by Crippen LogP contribution is -2.29. The molecule has 0 radical (unpaired) electrons. The highest BCUT2D eigenvalue weighted by Crippen LogP contribution is 2.00. The van der Waals surface area contributed by atoms with Crippen LogP contribution in [-0.4, -0.2) is 30.4 Å². The fourth-order valence-corrected chi connectivity index (χ4v) is 1.25. The molecule has 0 saturated heterocycles. The molecule has 0 aliphatic carbocycles. The number of hydrogen-bond acceptors (Lipinski definition) is 3. The number of ether oxygens (including phenoxy) is 1. The van der Waals surface area contributed by atoms with E-state index in [9.17, 15) is 9.59 Å². The lowest BCUT2D eigenvalue weighted by Gasteiger charge is -2.06. The highest BCUT2D eigenvalue weighted by Gasteiger charge is 2.01. The largest absolute Gasteiger partial charge is 0.465 e. The van der Waals surface area contributed by atoms with Gasteiger partial charge in [0.2, 0.25) is 0 Å². The van der Waals surface area contributed by atoms with E-state index in [1.165, 1.54) is 0 Å². The van der Waals surface area contributed by atoms with Gasteiger partial charge in [0.05, 0.1) is 0 Å². The minimum Gasteiger partial charge on any atom is -0.465 e. The van der Waals surface area contributed by atoms with Crippen molar-refractivity contribution in [3.8, 4) is 0 Å². The van der Waals surface area contributed by atoms with Crippen LogP contribution in [0, 0.1) is 0 Å². The van der Waals surface area contributed by atoms with E-state index in [2.05, 4.69) is 10.6 Å². The number of carboxylic acid groups (broad SMARTS) is 1. The third-order valence-electron chi connectivity index (χ3n) is 2.11. The molecule has 0 aliphatic heterocycles. The van der Waals surface area contributed by atoms with Gasteiger partial charge in [-0.2, -0.15) is 0 Å². The van der Waals surface area contributed by atoms with Gasteiger partial charge in [0.15, 0.2) is 0 Å². The number of rotatable bonds is 6. The van der Waals surface area contributed by atoms with E-state index < -0.39 is 12.2 Å². The fourth-order valence-electron chi connectivity index (χ4n) is 1.25. The van der Waals surface area contributed by atoms with Gasteiger partial charge in [0.1, 0.15) is 6.61 Å². The Morgan fingerprint density at radius 3 is 2.44 bits per heavy atom. The van der Waals surface area contributed by atoms with Crippen LogP contribution in [0.1, 0.15) is 12.0 Å². The molecule has 0 heterocycles. The predicted molar refractivity (Wildman–Crippen MR) is 65.3 cm³/mol. The Bertz CT molecular complexity index is 381. The standard InChI is InChI=1S/C12H16N2O4/c15-11(16)13-7-4-8-14-12(17)18-9-10-5-2-1-3-6-10/h1-3,5-6,13H,4,7-9H2,(H,14,17)(H,15,16). The van der Waals surface area contributed by atoms with Crippen LogP contribution in [-0.2, 0) is 11.3 Å². The summed E-state index contributed by atoms with van der Waals surface area (Å²) in [6.07, 6.45) is -1.05. The minimum absolute atomic E-state index is 0.222. The van der Waals surface area contributed by atoms with Gasteiger partial charge in [0, 0.05) is 13.1 Å². The first-order valence-corrected chi connectivity index (χ1v) is 5.60. The number of alkyl carbamates (subject to hydrolysis) is 1. The average molecular weight is 252 g/mol. The zero-order valence-corrected chi connectivity index (χ0v) is 9.89. The Hall–Kier alpha value is -2.24. The molecule has 1 aromatic carbocycles. The number of benzene rings is 1. The Morgan fingerprint density at radius 1 is 1.11 bits per heavy atom. The predicted octanol–water partition coefficient (Wildman–Crippen LogP) is 1.57. The lowest BCUT2D eigenvalue weighted by molar-refractivity contribution is 0.139. The van der Waals surface area contributed by atoms with Crippen molar-refractivity contribution in [3.63, 3.8) is 0 Å². The number of carbonyl (C=O) groups excluding carboxylic acids is 1. The number of carbonyl (C=O) groups is 2.